The van der Waals surface area contributed by atoms with Gasteiger partial charge in [-0.2, -0.15) is 0 Å². The number of thiophene rings is 1. The lowest BCUT2D eigenvalue weighted by Gasteiger charge is -2.26. The van der Waals surface area contributed by atoms with Gasteiger partial charge in [-0.3, -0.25) is 4.79 Å². The standard InChI is InChI=1S/C18H20N2O3S.ClH/c21-18(22)14-8-9-15(19-11-14)12-23-20-17(16-7-4-10-24-16)13-5-2-1-3-6-13;/h1-7,10,14-15,19H,8-9,11-12H2,(H,21,22);1H/b20-17-;/t14-,15+;/m1./s1. The molecule has 7 heteroatoms. The Morgan fingerprint density at radius 3 is 2.64 bits per heavy atom. The lowest BCUT2D eigenvalue weighted by molar-refractivity contribution is -0.142. The summed E-state index contributed by atoms with van der Waals surface area (Å²) in [5.41, 5.74) is 1.84. The van der Waals surface area contributed by atoms with Gasteiger partial charge in [0.05, 0.1) is 10.8 Å². The van der Waals surface area contributed by atoms with Gasteiger partial charge in [0.2, 0.25) is 0 Å². The summed E-state index contributed by atoms with van der Waals surface area (Å²) >= 11 is 1.62. The zero-order valence-corrected chi connectivity index (χ0v) is 15.3. The molecule has 2 heterocycles. The molecule has 0 saturated carbocycles. The van der Waals surface area contributed by atoms with E-state index in [2.05, 4.69) is 10.5 Å². The third-order valence-corrected chi connectivity index (χ3v) is 4.98. The van der Waals surface area contributed by atoms with E-state index in [4.69, 9.17) is 9.94 Å². The molecule has 1 saturated heterocycles. The highest BCUT2D eigenvalue weighted by Crippen LogP contribution is 2.18. The van der Waals surface area contributed by atoms with E-state index in [9.17, 15) is 4.79 Å². The van der Waals surface area contributed by atoms with Crippen LogP contribution in [-0.2, 0) is 9.63 Å². The molecule has 0 unspecified atom stereocenters. The minimum Gasteiger partial charge on any atom is -0.481 e. The lowest BCUT2D eigenvalue weighted by atomic mass is 9.95. The fourth-order valence-corrected chi connectivity index (χ4v) is 3.44. The zero-order chi connectivity index (χ0) is 16.8. The smallest absolute Gasteiger partial charge is 0.307 e. The highest BCUT2D eigenvalue weighted by molar-refractivity contribution is 7.12. The van der Waals surface area contributed by atoms with Crippen LogP contribution in [0.2, 0.25) is 0 Å². The molecule has 2 atom stereocenters. The first kappa shape index (κ1) is 19.4. The summed E-state index contributed by atoms with van der Waals surface area (Å²) in [6, 6.07) is 14.1. The second-order valence-electron chi connectivity index (χ2n) is 5.80. The van der Waals surface area contributed by atoms with Crippen LogP contribution in [0.15, 0.2) is 53.0 Å². The summed E-state index contributed by atoms with van der Waals surface area (Å²) in [6.45, 7) is 0.928. The van der Waals surface area contributed by atoms with Gasteiger partial charge in [-0.1, -0.05) is 41.6 Å². The molecule has 25 heavy (non-hydrogen) atoms. The molecule has 0 aliphatic carbocycles. The van der Waals surface area contributed by atoms with E-state index in [1.807, 2.05) is 47.8 Å². The molecule has 1 aliphatic rings. The van der Waals surface area contributed by atoms with Gasteiger partial charge in [0.1, 0.15) is 12.3 Å². The van der Waals surface area contributed by atoms with Crippen molar-refractivity contribution < 1.29 is 14.7 Å². The Labute approximate surface area is 157 Å². The van der Waals surface area contributed by atoms with Crippen molar-refractivity contribution in [3.63, 3.8) is 0 Å². The molecule has 2 aromatic rings. The van der Waals surface area contributed by atoms with Crippen molar-refractivity contribution in [1.29, 1.82) is 0 Å². The number of oxime groups is 1. The van der Waals surface area contributed by atoms with Gasteiger partial charge in [-0.15, -0.1) is 23.7 Å². The van der Waals surface area contributed by atoms with Crippen molar-refractivity contribution in [1.82, 2.24) is 5.32 Å². The van der Waals surface area contributed by atoms with E-state index in [1.165, 1.54) is 0 Å². The van der Waals surface area contributed by atoms with Crippen LogP contribution in [0.25, 0.3) is 0 Å². The first-order chi connectivity index (χ1) is 11.7. The molecule has 1 aromatic heterocycles. The first-order valence-corrected chi connectivity index (χ1v) is 8.87. The van der Waals surface area contributed by atoms with E-state index >= 15 is 0 Å². The zero-order valence-electron chi connectivity index (χ0n) is 13.6. The average molecular weight is 381 g/mol. The number of piperidine rings is 1. The van der Waals surface area contributed by atoms with E-state index in [0.29, 0.717) is 19.6 Å². The van der Waals surface area contributed by atoms with E-state index in [1.54, 1.807) is 11.3 Å². The van der Waals surface area contributed by atoms with Crippen LogP contribution in [0.5, 0.6) is 0 Å². The minimum absolute atomic E-state index is 0. The van der Waals surface area contributed by atoms with Crippen molar-refractivity contribution >= 4 is 35.4 Å². The Kier molecular flexibility index (Phi) is 7.43. The van der Waals surface area contributed by atoms with Gasteiger partial charge in [0, 0.05) is 18.2 Å². The maximum Gasteiger partial charge on any atom is 0.307 e. The van der Waals surface area contributed by atoms with Crippen LogP contribution in [0.1, 0.15) is 23.3 Å². The fourth-order valence-electron chi connectivity index (χ4n) is 2.71. The summed E-state index contributed by atoms with van der Waals surface area (Å²) in [4.78, 5) is 17.6. The van der Waals surface area contributed by atoms with Gasteiger partial charge >= 0.3 is 5.97 Å². The molecular formula is C18H21ClN2O3S. The molecule has 2 N–H and O–H groups in total. The third-order valence-electron chi connectivity index (χ3n) is 4.10. The van der Waals surface area contributed by atoms with Crippen molar-refractivity contribution in [3.8, 4) is 0 Å². The summed E-state index contributed by atoms with van der Waals surface area (Å²) in [5, 5.41) is 18.6. The van der Waals surface area contributed by atoms with Crippen LogP contribution in [0, 0.1) is 5.92 Å². The number of halogens is 1. The van der Waals surface area contributed by atoms with Crippen LogP contribution < -0.4 is 5.32 Å². The van der Waals surface area contributed by atoms with E-state index in [-0.39, 0.29) is 24.4 Å². The summed E-state index contributed by atoms with van der Waals surface area (Å²) in [6.07, 6.45) is 1.46. The molecule has 0 spiro atoms. The van der Waals surface area contributed by atoms with Gasteiger partial charge in [-0.05, 0) is 24.3 Å². The lowest BCUT2D eigenvalue weighted by Crippen LogP contribution is -2.43. The number of rotatable bonds is 6. The number of nitrogens with zero attached hydrogens (tertiary/aromatic N) is 1. The summed E-state index contributed by atoms with van der Waals surface area (Å²) in [5.74, 6) is -1.03. The molecule has 134 valence electrons. The van der Waals surface area contributed by atoms with Gasteiger partial charge in [-0.25, -0.2) is 0 Å². The van der Waals surface area contributed by atoms with Crippen molar-refractivity contribution in [2.24, 2.45) is 11.1 Å². The molecule has 0 radical (unpaired) electrons. The summed E-state index contributed by atoms with van der Waals surface area (Å²) < 4.78 is 0. The van der Waals surface area contributed by atoms with Gasteiger partial charge in [0.25, 0.3) is 0 Å². The molecule has 0 bridgehead atoms. The van der Waals surface area contributed by atoms with Crippen LogP contribution in [0.4, 0.5) is 0 Å². The van der Waals surface area contributed by atoms with Crippen LogP contribution >= 0.6 is 23.7 Å². The Hall–Kier alpha value is -1.89. The fraction of sp³-hybridized carbons (Fsp3) is 0.333. The number of hydrogen-bond donors (Lipinski definition) is 2. The van der Waals surface area contributed by atoms with Crippen molar-refractivity contribution in [2.75, 3.05) is 13.2 Å². The van der Waals surface area contributed by atoms with Gasteiger partial charge in [0.15, 0.2) is 0 Å². The first-order valence-electron chi connectivity index (χ1n) is 7.99. The highest BCUT2D eigenvalue weighted by Gasteiger charge is 2.25. The topological polar surface area (TPSA) is 70.9 Å². The quantitative estimate of drug-likeness (QED) is 0.595. The van der Waals surface area contributed by atoms with Gasteiger partial charge < -0.3 is 15.3 Å². The molecule has 1 fully saturated rings. The number of carboxylic acid groups (broad SMARTS) is 1. The summed E-state index contributed by atoms with van der Waals surface area (Å²) in [7, 11) is 0. The Bertz CT molecular complexity index is 684. The minimum atomic E-state index is -0.732. The third kappa shape index (κ3) is 5.29. The van der Waals surface area contributed by atoms with E-state index < -0.39 is 5.97 Å². The number of nitrogens with one attached hydrogen (secondary N) is 1. The van der Waals surface area contributed by atoms with Crippen molar-refractivity contribution in [3.05, 3.63) is 58.3 Å². The molecule has 0 amide bonds. The SMILES string of the molecule is Cl.O=C(O)[C@@H]1CC[C@@H](CO/N=C(/c2ccccc2)c2cccs2)NC1. The number of carboxylic acids is 1. The number of hydrogen-bond acceptors (Lipinski definition) is 5. The number of aliphatic carboxylic acids is 1. The number of benzene rings is 1. The molecular weight excluding hydrogens is 360 g/mol. The monoisotopic (exact) mass is 380 g/mol. The molecule has 1 aliphatic heterocycles. The van der Waals surface area contributed by atoms with Crippen LogP contribution in [0.3, 0.4) is 0 Å². The normalized spacial score (nSPS) is 20.6. The predicted molar refractivity (Wildman–Crippen MR) is 102 cm³/mol. The molecule has 5 nitrogen and oxygen atoms in total. The predicted octanol–water partition coefficient (Wildman–Crippen LogP) is 3.39. The van der Waals surface area contributed by atoms with E-state index in [0.717, 1.165) is 22.6 Å². The number of carbonyl (C=O) groups is 1. The highest BCUT2D eigenvalue weighted by atomic mass is 35.5. The molecule has 3 rings (SSSR count). The average Bonchev–Trinajstić information content (AvgIpc) is 3.14. The Morgan fingerprint density at radius 1 is 1.24 bits per heavy atom. The maximum absolute atomic E-state index is 11.0. The van der Waals surface area contributed by atoms with Crippen LogP contribution in [-0.4, -0.2) is 36.0 Å². The molecule has 1 aromatic carbocycles. The Balaban J connectivity index is 0.00000225. The Morgan fingerprint density at radius 2 is 2.04 bits per heavy atom. The second-order valence-corrected chi connectivity index (χ2v) is 6.74. The van der Waals surface area contributed by atoms with Crippen molar-refractivity contribution in [2.45, 2.75) is 18.9 Å². The maximum atomic E-state index is 11.0. The second kappa shape index (κ2) is 9.56. The largest absolute Gasteiger partial charge is 0.481 e.